The van der Waals surface area contributed by atoms with Crippen LogP contribution in [0.2, 0.25) is 0 Å². The lowest BCUT2D eigenvalue weighted by Gasteiger charge is -2.16. The van der Waals surface area contributed by atoms with Crippen molar-refractivity contribution in [2.24, 2.45) is 7.05 Å². The fourth-order valence-corrected chi connectivity index (χ4v) is 4.82. The SMILES string of the molecule is CCSNc1ccc(Oc2ccc(F)cc2F)c(-c2cn(C)c(=O)c3[nH]c(C(=O)NCc4ccc(C)cc4)cc23)c1. The smallest absolute Gasteiger partial charge is 0.274 e. The van der Waals surface area contributed by atoms with Crippen LogP contribution in [0.3, 0.4) is 0 Å². The van der Waals surface area contributed by atoms with Crippen LogP contribution in [0.5, 0.6) is 11.5 Å². The number of nitrogens with zero attached hydrogens (tertiary/aromatic N) is 1. The molecule has 5 aromatic rings. The van der Waals surface area contributed by atoms with Crippen molar-refractivity contribution in [1.82, 2.24) is 14.9 Å². The van der Waals surface area contributed by atoms with E-state index in [4.69, 9.17) is 4.74 Å². The van der Waals surface area contributed by atoms with Gasteiger partial charge < -0.3 is 24.3 Å². The molecule has 1 amide bonds. The zero-order chi connectivity index (χ0) is 29.1. The molecular weight excluding hydrogens is 546 g/mol. The van der Waals surface area contributed by atoms with E-state index in [1.165, 1.54) is 22.6 Å². The summed E-state index contributed by atoms with van der Waals surface area (Å²) in [5.41, 5.74) is 4.10. The van der Waals surface area contributed by atoms with E-state index in [9.17, 15) is 18.4 Å². The number of hydrogen-bond donors (Lipinski definition) is 3. The van der Waals surface area contributed by atoms with Crippen molar-refractivity contribution in [1.29, 1.82) is 0 Å². The second-order valence-corrected chi connectivity index (χ2v) is 10.6. The number of carbonyl (C=O) groups is 1. The summed E-state index contributed by atoms with van der Waals surface area (Å²) in [7, 11) is 1.61. The Bertz CT molecular complexity index is 1800. The number of H-pyrrole nitrogens is 1. The number of aromatic amines is 1. The topological polar surface area (TPSA) is 88.2 Å². The Morgan fingerprint density at radius 2 is 1.76 bits per heavy atom. The molecule has 3 N–H and O–H groups in total. The van der Waals surface area contributed by atoms with E-state index in [2.05, 4.69) is 15.0 Å². The van der Waals surface area contributed by atoms with Gasteiger partial charge in [0.25, 0.3) is 11.5 Å². The van der Waals surface area contributed by atoms with Crippen molar-refractivity contribution in [3.05, 3.63) is 112 Å². The molecule has 210 valence electrons. The molecule has 5 rings (SSSR count). The van der Waals surface area contributed by atoms with Crippen LogP contribution in [0, 0.1) is 18.6 Å². The molecule has 10 heteroatoms. The molecule has 2 aromatic heterocycles. The monoisotopic (exact) mass is 574 g/mol. The lowest BCUT2D eigenvalue weighted by Crippen LogP contribution is -2.23. The molecule has 0 radical (unpaired) electrons. The van der Waals surface area contributed by atoms with Gasteiger partial charge in [0.1, 0.15) is 22.8 Å². The lowest BCUT2D eigenvalue weighted by molar-refractivity contribution is 0.0946. The normalized spacial score (nSPS) is 11.0. The summed E-state index contributed by atoms with van der Waals surface area (Å²) in [6.45, 7) is 4.32. The summed E-state index contributed by atoms with van der Waals surface area (Å²) >= 11 is 1.49. The van der Waals surface area contributed by atoms with E-state index in [0.29, 0.717) is 23.1 Å². The largest absolute Gasteiger partial charge is 0.454 e. The Morgan fingerprint density at radius 3 is 2.49 bits per heavy atom. The number of aryl methyl sites for hydroxylation is 2. The van der Waals surface area contributed by atoms with Gasteiger partial charge >= 0.3 is 0 Å². The summed E-state index contributed by atoms with van der Waals surface area (Å²) in [5, 5.41) is 3.39. The van der Waals surface area contributed by atoms with E-state index in [-0.39, 0.29) is 34.2 Å². The molecule has 0 aliphatic carbocycles. The minimum Gasteiger partial charge on any atom is -0.454 e. The zero-order valence-corrected chi connectivity index (χ0v) is 23.5. The Kier molecular flexibility index (Phi) is 8.11. The first-order valence-electron chi connectivity index (χ1n) is 12.9. The summed E-state index contributed by atoms with van der Waals surface area (Å²) in [5.74, 6) is -0.978. The van der Waals surface area contributed by atoms with Crippen molar-refractivity contribution in [2.75, 3.05) is 10.5 Å². The molecule has 0 saturated carbocycles. The molecule has 0 atom stereocenters. The number of aromatic nitrogens is 2. The number of benzene rings is 3. The van der Waals surface area contributed by atoms with Crippen LogP contribution in [0.25, 0.3) is 22.0 Å². The maximum atomic E-state index is 14.5. The number of carbonyl (C=O) groups excluding carboxylic acids is 1. The first kappa shape index (κ1) is 28.0. The first-order valence-corrected chi connectivity index (χ1v) is 13.9. The Hall–Kier alpha value is -4.57. The van der Waals surface area contributed by atoms with Crippen LogP contribution in [0.4, 0.5) is 14.5 Å². The number of nitrogens with one attached hydrogen (secondary N) is 3. The number of hydrogen-bond acceptors (Lipinski definition) is 5. The minimum atomic E-state index is -0.848. The van der Waals surface area contributed by atoms with Crippen molar-refractivity contribution >= 4 is 34.4 Å². The van der Waals surface area contributed by atoms with Gasteiger partial charge in [-0.25, -0.2) is 8.78 Å². The lowest BCUT2D eigenvalue weighted by atomic mass is 10.0. The van der Waals surface area contributed by atoms with Crippen LogP contribution >= 0.6 is 11.9 Å². The Balaban J connectivity index is 1.57. The van der Waals surface area contributed by atoms with E-state index >= 15 is 0 Å². The third-order valence-corrected chi connectivity index (χ3v) is 7.17. The van der Waals surface area contributed by atoms with Crippen molar-refractivity contribution in [2.45, 2.75) is 20.4 Å². The highest BCUT2D eigenvalue weighted by atomic mass is 32.2. The van der Waals surface area contributed by atoms with Gasteiger partial charge in [-0.05, 0) is 48.9 Å². The molecule has 0 fully saturated rings. The van der Waals surface area contributed by atoms with E-state index in [0.717, 1.165) is 34.7 Å². The van der Waals surface area contributed by atoms with Gasteiger partial charge in [0.05, 0.1) is 0 Å². The molecule has 0 aliphatic heterocycles. The summed E-state index contributed by atoms with van der Waals surface area (Å²) in [6.07, 6.45) is 1.65. The molecular formula is C31H28F2N4O3S. The fraction of sp³-hybridized carbons (Fsp3) is 0.161. The maximum absolute atomic E-state index is 14.5. The number of fused-ring (bicyclic) bond motifs is 1. The molecule has 0 bridgehead atoms. The number of pyridine rings is 1. The summed E-state index contributed by atoms with van der Waals surface area (Å²) < 4.78 is 38.6. The summed E-state index contributed by atoms with van der Waals surface area (Å²) in [4.78, 5) is 29.2. The van der Waals surface area contributed by atoms with Gasteiger partial charge in [-0.15, -0.1) is 0 Å². The zero-order valence-electron chi connectivity index (χ0n) is 22.7. The van der Waals surface area contributed by atoms with E-state index < -0.39 is 11.6 Å². The fourth-order valence-electron chi connectivity index (χ4n) is 4.38. The van der Waals surface area contributed by atoms with Crippen molar-refractivity contribution in [3.63, 3.8) is 0 Å². The Labute approximate surface area is 239 Å². The van der Waals surface area contributed by atoms with Crippen LogP contribution in [0.1, 0.15) is 28.5 Å². The second kappa shape index (κ2) is 11.9. The molecule has 0 spiro atoms. The Morgan fingerprint density at radius 1 is 1.00 bits per heavy atom. The maximum Gasteiger partial charge on any atom is 0.274 e. The highest BCUT2D eigenvalue weighted by Gasteiger charge is 2.20. The van der Waals surface area contributed by atoms with Crippen molar-refractivity contribution in [3.8, 4) is 22.6 Å². The molecule has 7 nitrogen and oxygen atoms in total. The molecule has 0 unspecified atom stereocenters. The average Bonchev–Trinajstić information content (AvgIpc) is 3.41. The number of anilines is 1. The quantitative estimate of drug-likeness (QED) is 0.166. The average molecular weight is 575 g/mol. The molecule has 41 heavy (non-hydrogen) atoms. The number of rotatable bonds is 9. The standard InChI is InChI=1S/C31H28F2N4O3S/c1-4-41-36-21-10-12-27(40-28-11-9-20(32)13-25(28)33)22(14-21)24-17-37(3)31(39)29-23(24)15-26(35-29)30(38)34-16-19-7-5-18(2)6-8-19/h5-15,17,35-36H,4,16H2,1-3H3,(H,34,38). The van der Waals surface area contributed by atoms with Gasteiger partial charge in [-0.3, -0.25) is 9.59 Å². The molecule has 0 aliphatic rings. The van der Waals surface area contributed by atoms with Crippen molar-refractivity contribution < 1.29 is 18.3 Å². The van der Waals surface area contributed by atoms with Crippen LogP contribution in [-0.4, -0.2) is 21.2 Å². The van der Waals surface area contributed by atoms with Gasteiger partial charge in [0.2, 0.25) is 0 Å². The number of halogens is 2. The van der Waals surface area contributed by atoms with Gasteiger partial charge in [0.15, 0.2) is 11.6 Å². The molecule has 2 heterocycles. The predicted molar refractivity (Wildman–Crippen MR) is 160 cm³/mol. The predicted octanol–water partition coefficient (Wildman–Crippen LogP) is 6.92. The van der Waals surface area contributed by atoms with E-state index in [1.807, 2.05) is 44.2 Å². The number of ether oxygens (including phenoxy) is 1. The van der Waals surface area contributed by atoms with Crippen LogP contribution in [-0.2, 0) is 13.6 Å². The van der Waals surface area contributed by atoms with Crippen LogP contribution < -0.4 is 20.3 Å². The highest BCUT2D eigenvalue weighted by molar-refractivity contribution is 8.00. The van der Waals surface area contributed by atoms with Gasteiger partial charge in [-0.2, -0.15) is 0 Å². The van der Waals surface area contributed by atoms with Gasteiger partial charge in [-0.1, -0.05) is 48.7 Å². The summed E-state index contributed by atoms with van der Waals surface area (Å²) in [6, 6.07) is 17.8. The highest BCUT2D eigenvalue weighted by Crippen LogP contribution is 2.39. The van der Waals surface area contributed by atoms with Crippen LogP contribution in [0.15, 0.2) is 77.7 Å². The second-order valence-electron chi connectivity index (χ2n) is 9.52. The molecule has 0 saturated heterocycles. The third-order valence-electron chi connectivity index (χ3n) is 6.50. The molecule has 3 aromatic carbocycles. The minimum absolute atomic E-state index is 0.150. The van der Waals surface area contributed by atoms with Gasteiger partial charge in [0, 0.05) is 53.8 Å². The first-order chi connectivity index (χ1) is 19.7. The van der Waals surface area contributed by atoms with E-state index in [1.54, 1.807) is 31.4 Å². The third kappa shape index (κ3) is 6.12. The number of amides is 1.